The lowest BCUT2D eigenvalue weighted by Gasteiger charge is -2.29. The number of rotatable bonds is 17. The van der Waals surface area contributed by atoms with Crippen LogP contribution in [0.1, 0.15) is 64.7 Å². The number of nitrogens with zero attached hydrogens (tertiary/aromatic N) is 1. The van der Waals surface area contributed by atoms with Crippen LogP contribution in [0.25, 0.3) is 0 Å². The second-order valence-corrected chi connectivity index (χ2v) is 8.45. The van der Waals surface area contributed by atoms with Gasteiger partial charge in [0.25, 0.3) is 0 Å². The first-order valence-corrected chi connectivity index (χ1v) is 11.0. The van der Waals surface area contributed by atoms with E-state index in [-0.39, 0.29) is 12.8 Å². The molecule has 0 amide bonds. The van der Waals surface area contributed by atoms with Crippen LogP contribution in [0.3, 0.4) is 0 Å². The number of carboxylic acids is 1. The molecule has 170 valence electrons. The first-order chi connectivity index (χ1) is 14.2. The molecule has 5 nitrogen and oxygen atoms in total. The average Bonchev–Trinajstić information content (AvgIpc) is 2.63. The van der Waals surface area contributed by atoms with Crippen molar-refractivity contribution in [3.63, 3.8) is 0 Å². The second kappa shape index (κ2) is 17.7. The highest BCUT2D eigenvalue weighted by molar-refractivity contribution is 5.72. The van der Waals surface area contributed by atoms with E-state index in [1.807, 2.05) is 27.2 Å². The molecule has 1 atom stereocenters. The van der Waals surface area contributed by atoms with Gasteiger partial charge in [0, 0.05) is 12.4 Å². The summed E-state index contributed by atoms with van der Waals surface area (Å²) in [5.74, 6) is -1.63. The van der Waals surface area contributed by atoms with Crippen molar-refractivity contribution in [2.45, 2.75) is 70.8 Å². The van der Waals surface area contributed by atoms with Gasteiger partial charge in [0.15, 0.2) is 6.10 Å². The number of likely N-dealkylation sites (N-methyl/N-ethyl adjacent to an activating group) is 1. The molecule has 5 heteroatoms. The zero-order valence-electron chi connectivity index (χ0n) is 19.3. The lowest BCUT2D eigenvalue weighted by molar-refractivity contribution is -0.873. The summed E-state index contributed by atoms with van der Waals surface area (Å²) in [7, 11) is 5.76. The van der Waals surface area contributed by atoms with Crippen molar-refractivity contribution in [1.29, 1.82) is 0 Å². The van der Waals surface area contributed by atoms with E-state index < -0.39 is 18.0 Å². The van der Waals surface area contributed by atoms with E-state index >= 15 is 0 Å². The topological polar surface area (TPSA) is 66.4 Å². The fourth-order valence-electron chi connectivity index (χ4n) is 2.80. The fourth-order valence-corrected chi connectivity index (χ4v) is 2.80. The third-order valence-corrected chi connectivity index (χ3v) is 4.19. The van der Waals surface area contributed by atoms with Crippen molar-refractivity contribution in [2.24, 2.45) is 0 Å². The molecule has 0 aliphatic heterocycles. The summed E-state index contributed by atoms with van der Waals surface area (Å²) in [6.45, 7) is 2.64. The molecule has 0 aromatic rings. The zero-order chi connectivity index (χ0) is 22.7. The van der Waals surface area contributed by atoms with Gasteiger partial charge >= 0.3 is 5.97 Å². The Hall–Kier alpha value is -2.14. The molecule has 0 bridgehead atoms. The Labute approximate surface area is 183 Å². The Balaban J connectivity index is 3.98. The van der Waals surface area contributed by atoms with E-state index in [4.69, 9.17) is 4.74 Å². The van der Waals surface area contributed by atoms with Crippen LogP contribution in [-0.4, -0.2) is 50.2 Å². The van der Waals surface area contributed by atoms with Gasteiger partial charge in [0.1, 0.15) is 6.54 Å². The number of allylic oxidation sites excluding steroid dienone is 7. The quantitative estimate of drug-likeness (QED) is 0.154. The molecule has 0 rings (SSSR count). The Morgan fingerprint density at radius 2 is 1.40 bits per heavy atom. The summed E-state index contributed by atoms with van der Waals surface area (Å²) in [5, 5.41) is 10.8. The first-order valence-electron chi connectivity index (χ1n) is 11.0. The number of esters is 1. The van der Waals surface area contributed by atoms with Crippen molar-refractivity contribution < 1.29 is 23.9 Å². The van der Waals surface area contributed by atoms with Crippen LogP contribution in [0.4, 0.5) is 0 Å². The molecule has 0 saturated carbocycles. The SMILES string of the molecule is CCCCC/C=C\C/C=C\C/C=C\C/C=C\CC(=O)O[C@H](CC(=O)[O-])C[N+](C)(C)C. The Morgan fingerprint density at radius 1 is 0.867 bits per heavy atom. The highest BCUT2D eigenvalue weighted by Crippen LogP contribution is 2.06. The molecule has 0 unspecified atom stereocenters. The van der Waals surface area contributed by atoms with E-state index in [0.717, 1.165) is 19.3 Å². The molecule has 0 heterocycles. The van der Waals surface area contributed by atoms with Gasteiger partial charge in [-0.1, -0.05) is 68.4 Å². The van der Waals surface area contributed by atoms with Crippen LogP contribution >= 0.6 is 0 Å². The number of unbranched alkanes of at least 4 members (excludes halogenated alkanes) is 3. The second-order valence-electron chi connectivity index (χ2n) is 8.45. The third kappa shape index (κ3) is 20.6. The minimum Gasteiger partial charge on any atom is -0.550 e. The third-order valence-electron chi connectivity index (χ3n) is 4.19. The van der Waals surface area contributed by atoms with E-state index in [1.54, 1.807) is 6.08 Å². The number of carbonyl (C=O) groups is 2. The maximum atomic E-state index is 11.9. The number of hydrogen-bond donors (Lipinski definition) is 0. The Bertz CT molecular complexity index is 582. The average molecular weight is 420 g/mol. The summed E-state index contributed by atoms with van der Waals surface area (Å²) >= 11 is 0. The molecule has 0 aromatic heterocycles. The summed E-state index contributed by atoms with van der Waals surface area (Å²) in [5.41, 5.74) is 0. The van der Waals surface area contributed by atoms with Crippen LogP contribution in [0, 0.1) is 0 Å². The Morgan fingerprint density at radius 3 is 1.90 bits per heavy atom. The standard InChI is InChI=1S/C25H41NO4/c1-5-6-7-8-9-10-11-12-13-14-15-16-17-18-19-20-25(29)30-23(21-24(27)28)22-26(2,3)4/h9-10,12-13,15-16,18-19,23H,5-8,11,14,17,20-22H2,1-4H3/b10-9-,13-12-,16-15-,19-18-/t23-/m1/s1. The van der Waals surface area contributed by atoms with Crippen LogP contribution in [0.15, 0.2) is 48.6 Å². The van der Waals surface area contributed by atoms with Crippen molar-refractivity contribution in [3.05, 3.63) is 48.6 Å². The van der Waals surface area contributed by atoms with Crippen LogP contribution < -0.4 is 5.11 Å². The number of ether oxygens (including phenoxy) is 1. The molecule has 0 N–H and O–H groups in total. The van der Waals surface area contributed by atoms with Gasteiger partial charge in [-0.15, -0.1) is 0 Å². The van der Waals surface area contributed by atoms with Crippen molar-refractivity contribution in [3.8, 4) is 0 Å². The van der Waals surface area contributed by atoms with Gasteiger partial charge < -0.3 is 19.1 Å². The van der Waals surface area contributed by atoms with Gasteiger partial charge in [0.05, 0.1) is 27.6 Å². The van der Waals surface area contributed by atoms with Crippen LogP contribution in [-0.2, 0) is 14.3 Å². The molecular formula is C25H41NO4. The highest BCUT2D eigenvalue weighted by Gasteiger charge is 2.21. The number of carboxylic acid groups (broad SMARTS) is 1. The molecule has 0 aromatic carbocycles. The maximum Gasteiger partial charge on any atom is 0.310 e. The maximum absolute atomic E-state index is 11.9. The van der Waals surface area contributed by atoms with Gasteiger partial charge in [0.2, 0.25) is 0 Å². The number of aliphatic carboxylic acids is 1. The normalized spacial score (nSPS) is 13.7. The minimum absolute atomic E-state index is 0.138. The molecule has 30 heavy (non-hydrogen) atoms. The fraction of sp³-hybridized carbons (Fsp3) is 0.600. The van der Waals surface area contributed by atoms with E-state index in [0.29, 0.717) is 11.0 Å². The summed E-state index contributed by atoms with van der Waals surface area (Å²) in [6, 6.07) is 0. The molecule has 0 aliphatic rings. The molecule has 0 radical (unpaired) electrons. The summed E-state index contributed by atoms with van der Waals surface area (Å²) in [6.07, 6.45) is 23.5. The van der Waals surface area contributed by atoms with E-state index in [2.05, 4.69) is 43.4 Å². The lowest BCUT2D eigenvalue weighted by Crippen LogP contribution is -2.45. The summed E-state index contributed by atoms with van der Waals surface area (Å²) < 4.78 is 5.81. The van der Waals surface area contributed by atoms with Crippen molar-refractivity contribution in [1.82, 2.24) is 0 Å². The minimum atomic E-state index is -1.21. The van der Waals surface area contributed by atoms with Gasteiger partial charge in [-0.3, -0.25) is 4.79 Å². The van der Waals surface area contributed by atoms with Gasteiger partial charge in [-0.2, -0.15) is 0 Å². The lowest BCUT2D eigenvalue weighted by atomic mass is 10.2. The monoisotopic (exact) mass is 419 g/mol. The smallest absolute Gasteiger partial charge is 0.310 e. The van der Waals surface area contributed by atoms with E-state index in [1.165, 1.54) is 25.7 Å². The van der Waals surface area contributed by atoms with Crippen LogP contribution in [0.2, 0.25) is 0 Å². The largest absolute Gasteiger partial charge is 0.550 e. The predicted molar refractivity (Wildman–Crippen MR) is 122 cm³/mol. The Kier molecular flexibility index (Phi) is 16.4. The van der Waals surface area contributed by atoms with Gasteiger partial charge in [-0.05, 0) is 32.1 Å². The van der Waals surface area contributed by atoms with Gasteiger partial charge in [-0.25, -0.2) is 0 Å². The number of carbonyl (C=O) groups excluding carboxylic acids is 2. The first kappa shape index (κ1) is 27.9. The number of quaternary nitrogens is 1. The zero-order valence-corrected chi connectivity index (χ0v) is 19.3. The van der Waals surface area contributed by atoms with Crippen molar-refractivity contribution in [2.75, 3.05) is 27.7 Å². The molecule has 0 fully saturated rings. The number of hydrogen-bond acceptors (Lipinski definition) is 4. The van der Waals surface area contributed by atoms with Crippen molar-refractivity contribution >= 4 is 11.9 Å². The van der Waals surface area contributed by atoms with E-state index in [9.17, 15) is 14.7 Å². The molecule has 0 saturated heterocycles. The molecule has 0 aliphatic carbocycles. The molecular weight excluding hydrogens is 378 g/mol. The molecule has 0 spiro atoms. The van der Waals surface area contributed by atoms with Crippen LogP contribution in [0.5, 0.6) is 0 Å². The highest BCUT2D eigenvalue weighted by atomic mass is 16.5. The summed E-state index contributed by atoms with van der Waals surface area (Å²) in [4.78, 5) is 22.8. The predicted octanol–water partition coefficient (Wildman–Crippen LogP) is 4.11.